The summed E-state index contributed by atoms with van der Waals surface area (Å²) >= 11 is 11.8. The lowest BCUT2D eigenvalue weighted by molar-refractivity contribution is 0.102. The van der Waals surface area contributed by atoms with E-state index in [0.29, 0.717) is 27.3 Å². The van der Waals surface area contributed by atoms with E-state index >= 15 is 0 Å². The molecule has 3 nitrogen and oxygen atoms in total. The predicted octanol–water partition coefficient (Wildman–Crippen LogP) is 5.24. The van der Waals surface area contributed by atoms with Crippen LogP contribution in [0.2, 0.25) is 10.0 Å². The number of anilines is 1. The number of benzene rings is 1. The van der Waals surface area contributed by atoms with Gasteiger partial charge in [-0.05, 0) is 52.0 Å². The highest BCUT2D eigenvalue weighted by Gasteiger charge is 2.17. The number of rotatable bonds is 3. The zero-order chi connectivity index (χ0) is 15.7. The van der Waals surface area contributed by atoms with Crippen LogP contribution in [-0.4, -0.2) is 10.5 Å². The maximum atomic E-state index is 12.4. The van der Waals surface area contributed by atoms with Crippen molar-refractivity contribution in [1.82, 2.24) is 4.57 Å². The average molecular weight is 325 g/mol. The first-order chi connectivity index (χ1) is 9.81. The Morgan fingerprint density at radius 2 is 1.81 bits per heavy atom. The summed E-state index contributed by atoms with van der Waals surface area (Å²) in [5.74, 6) is -0.145. The maximum absolute atomic E-state index is 12.4. The largest absolute Gasteiger partial charge is 0.346 e. The molecule has 0 unspecified atom stereocenters. The second-order valence-electron chi connectivity index (χ2n) is 5.33. The summed E-state index contributed by atoms with van der Waals surface area (Å²) in [6.07, 6.45) is 0. The number of nitrogens with one attached hydrogen (secondary N) is 1. The molecular formula is C16H18Cl2N2O. The average Bonchev–Trinajstić information content (AvgIpc) is 2.69. The first-order valence-electron chi connectivity index (χ1n) is 6.76. The van der Waals surface area contributed by atoms with Gasteiger partial charge in [-0.2, -0.15) is 0 Å². The lowest BCUT2D eigenvalue weighted by Crippen LogP contribution is -2.13. The number of amides is 1. The molecule has 0 fully saturated rings. The Labute approximate surface area is 134 Å². The lowest BCUT2D eigenvalue weighted by Gasteiger charge is -2.13. The highest BCUT2D eigenvalue weighted by molar-refractivity contribution is 6.42. The quantitative estimate of drug-likeness (QED) is 0.822. The smallest absolute Gasteiger partial charge is 0.257 e. The fraction of sp³-hybridized carbons (Fsp3) is 0.312. The molecule has 0 bridgehead atoms. The van der Waals surface area contributed by atoms with Crippen molar-refractivity contribution in [2.24, 2.45) is 0 Å². The minimum atomic E-state index is -0.145. The van der Waals surface area contributed by atoms with Gasteiger partial charge in [0.25, 0.3) is 5.91 Å². The van der Waals surface area contributed by atoms with Crippen LogP contribution in [0.4, 0.5) is 5.69 Å². The summed E-state index contributed by atoms with van der Waals surface area (Å²) in [5, 5.41) is 3.74. The minimum absolute atomic E-state index is 0.145. The van der Waals surface area contributed by atoms with Gasteiger partial charge in [0.2, 0.25) is 0 Å². The van der Waals surface area contributed by atoms with Crippen molar-refractivity contribution in [1.29, 1.82) is 0 Å². The molecule has 2 aromatic rings. The van der Waals surface area contributed by atoms with Crippen molar-refractivity contribution in [3.8, 4) is 0 Å². The SMILES string of the molecule is Cc1cc(C(=O)Nc2ccc(Cl)c(Cl)c2)c(C)n1C(C)C. The summed E-state index contributed by atoms with van der Waals surface area (Å²) in [6.45, 7) is 8.15. The molecule has 0 saturated heterocycles. The summed E-state index contributed by atoms with van der Waals surface area (Å²) < 4.78 is 2.14. The molecule has 1 N–H and O–H groups in total. The van der Waals surface area contributed by atoms with Crippen LogP contribution in [0.5, 0.6) is 0 Å². The molecule has 0 spiro atoms. The predicted molar refractivity (Wildman–Crippen MR) is 88.7 cm³/mol. The van der Waals surface area contributed by atoms with Gasteiger partial charge in [0, 0.05) is 23.1 Å². The zero-order valence-electron chi connectivity index (χ0n) is 12.5. The van der Waals surface area contributed by atoms with Crippen molar-refractivity contribution < 1.29 is 4.79 Å². The van der Waals surface area contributed by atoms with Gasteiger partial charge < -0.3 is 9.88 Å². The number of carbonyl (C=O) groups is 1. The third-order valence-corrected chi connectivity index (χ3v) is 4.16. The summed E-state index contributed by atoms with van der Waals surface area (Å²) in [6, 6.07) is 7.26. The summed E-state index contributed by atoms with van der Waals surface area (Å²) in [7, 11) is 0. The first kappa shape index (κ1) is 15.9. The Morgan fingerprint density at radius 3 is 2.33 bits per heavy atom. The second kappa shape index (κ2) is 6.12. The van der Waals surface area contributed by atoms with E-state index in [0.717, 1.165) is 11.4 Å². The summed E-state index contributed by atoms with van der Waals surface area (Å²) in [4.78, 5) is 12.4. The molecule has 0 aliphatic heterocycles. The Bertz CT molecular complexity index is 690. The highest BCUT2D eigenvalue weighted by atomic mass is 35.5. The van der Waals surface area contributed by atoms with Gasteiger partial charge in [-0.3, -0.25) is 4.79 Å². The highest BCUT2D eigenvalue weighted by Crippen LogP contribution is 2.26. The van der Waals surface area contributed by atoms with Gasteiger partial charge in [0.05, 0.1) is 15.6 Å². The Kier molecular flexibility index (Phi) is 4.64. The number of carbonyl (C=O) groups excluding carboxylic acids is 1. The number of hydrogen-bond donors (Lipinski definition) is 1. The first-order valence-corrected chi connectivity index (χ1v) is 7.51. The van der Waals surface area contributed by atoms with Crippen LogP contribution in [0.1, 0.15) is 41.6 Å². The molecule has 21 heavy (non-hydrogen) atoms. The number of aromatic nitrogens is 1. The second-order valence-corrected chi connectivity index (χ2v) is 6.15. The van der Waals surface area contributed by atoms with Crippen molar-refractivity contribution >= 4 is 34.8 Å². The third-order valence-electron chi connectivity index (χ3n) is 3.42. The zero-order valence-corrected chi connectivity index (χ0v) is 14.0. The van der Waals surface area contributed by atoms with E-state index < -0.39 is 0 Å². The van der Waals surface area contributed by atoms with Crippen LogP contribution >= 0.6 is 23.2 Å². The van der Waals surface area contributed by atoms with Crippen LogP contribution in [0, 0.1) is 13.8 Å². The van der Waals surface area contributed by atoms with Crippen molar-refractivity contribution in [3.05, 3.63) is 51.3 Å². The monoisotopic (exact) mass is 324 g/mol. The Hall–Kier alpha value is -1.45. The fourth-order valence-electron chi connectivity index (χ4n) is 2.57. The minimum Gasteiger partial charge on any atom is -0.346 e. The van der Waals surface area contributed by atoms with Gasteiger partial charge in [-0.25, -0.2) is 0 Å². The van der Waals surface area contributed by atoms with Gasteiger partial charge in [0.15, 0.2) is 0 Å². The van der Waals surface area contributed by atoms with E-state index in [2.05, 4.69) is 23.7 Å². The molecule has 2 rings (SSSR count). The van der Waals surface area contributed by atoms with Crippen molar-refractivity contribution in [2.75, 3.05) is 5.32 Å². The normalized spacial score (nSPS) is 11.0. The molecule has 0 saturated carbocycles. The lowest BCUT2D eigenvalue weighted by atomic mass is 10.2. The van der Waals surface area contributed by atoms with Crippen LogP contribution in [0.15, 0.2) is 24.3 Å². The Morgan fingerprint density at radius 1 is 1.14 bits per heavy atom. The maximum Gasteiger partial charge on any atom is 0.257 e. The van der Waals surface area contributed by atoms with Gasteiger partial charge in [-0.1, -0.05) is 23.2 Å². The standard InChI is InChI=1S/C16H18Cl2N2O/c1-9(2)20-10(3)7-13(11(20)4)16(21)19-12-5-6-14(17)15(18)8-12/h5-9H,1-4H3,(H,19,21). The molecule has 1 heterocycles. The van der Waals surface area contributed by atoms with Gasteiger partial charge >= 0.3 is 0 Å². The number of nitrogens with zero attached hydrogens (tertiary/aromatic N) is 1. The number of hydrogen-bond acceptors (Lipinski definition) is 1. The van der Waals surface area contributed by atoms with Gasteiger partial charge in [-0.15, -0.1) is 0 Å². The molecule has 5 heteroatoms. The van der Waals surface area contributed by atoms with E-state index in [-0.39, 0.29) is 5.91 Å². The third kappa shape index (κ3) is 3.25. The molecule has 1 aromatic heterocycles. The molecule has 0 radical (unpaired) electrons. The molecule has 1 amide bonds. The van der Waals surface area contributed by atoms with E-state index in [1.54, 1.807) is 18.2 Å². The summed E-state index contributed by atoms with van der Waals surface area (Å²) in [5.41, 5.74) is 3.33. The van der Waals surface area contributed by atoms with Crippen molar-refractivity contribution in [2.45, 2.75) is 33.7 Å². The van der Waals surface area contributed by atoms with Crippen LogP contribution in [-0.2, 0) is 0 Å². The van der Waals surface area contributed by atoms with Crippen LogP contribution < -0.4 is 5.32 Å². The van der Waals surface area contributed by atoms with E-state index in [9.17, 15) is 4.79 Å². The van der Waals surface area contributed by atoms with Crippen molar-refractivity contribution in [3.63, 3.8) is 0 Å². The molecule has 0 atom stereocenters. The fourth-order valence-corrected chi connectivity index (χ4v) is 2.87. The molecular weight excluding hydrogens is 307 g/mol. The molecule has 0 aliphatic carbocycles. The van der Waals surface area contributed by atoms with E-state index in [1.165, 1.54) is 0 Å². The van der Waals surface area contributed by atoms with E-state index in [4.69, 9.17) is 23.2 Å². The molecule has 0 aliphatic rings. The topological polar surface area (TPSA) is 34.0 Å². The molecule has 1 aromatic carbocycles. The van der Waals surface area contributed by atoms with Gasteiger partial charge in [0.1, 0.15) is 0 Å². The Balaban J connectivity index is 2.28. The van der Waals surface area contributed by atoms with Crippen LogP contribution in [0.25, 0.3) is 0 Å². The van der Waals surface area contributed by atoms with E-state index in [1.807, 2.05) is 19.9 Å². The number of halogens is 2. The number of aryl methyl sites for hydroxylation is 1. The van der Waals surface area contributed by atoms with Crippen LogP contribution in [0.3, 0.4) is 0 Å². The molecule has 112 valence electrons.